The fraction of sp³-hybridized carbons (Fsp3) is 0.235. The number of ether oxygens (including phenoxy) is 1. The topological polar surface area (TPSA) is 41.6 Å². The van der Waals surface area contributed by atoms with Gasteiger partial charge in [0.25, 0.3) is 5.91 Å². The number of carbonyl (C=O) groups is 1. The van der Waals surface area contributed by atoms with Crippen LogP contribution < -0.4 is 10.2 Å². The van der Waals surface area contributed by atoms with Crippen LogP contribution in [0.1, 0.15) is 10.4 Å². The van der Waals surface area contributed by atoms with Crippen molar-refractivity contribution in [3.8, 4) is 0 Å². The Bertz CT molecular complexity index is 715. The average Bonchev–Trinajstić information content (AvgIpc) is 2.58. The molecule has 2 aromatic carbocycles. The molecular weight excluding hydrogens is 335 g/mol. The van der Waals surface area contributed by atoms with E-state index in [0.717, 1.165) is 18.8 Å². The number of amides is 1. The van der Waals surface area contributed by atoms with E-state index >= 15 is 0 Å². The molecule has 1 heterocycles. The molecular formula is C17H16Cl2N2O2. The molecule has 6 heteroatoms. The molecule has 0 aliphatic carbocycles. The summed E-state index contributed by atoms with van der Waals surface area (Å²) < 4.78 is 5.36. The first kappa shape index (κ1) is 16.1. The zero-order valence-electron chi connectivity index (χ0n) is 12.4. The maximum Gasteiger partial charge on any atom is 0.257 e. The van der Waals surface area contributed by atoms with Gasteiger partial charge in [-0.15, -0.1) is 0 Å². The van der Waals surface area contributed by atoms with Crippen molar-refractivity contribution < 1.29 is 9.53 Å². The Morgan fingerprint density at radius 2 is 1.78 bits per heavy atom. The second-order valence-corrected chi connectivity index (χ2v) is 6.01. The van der Waals surface area contributed by atoms with Gasteiger partial charge in [-0.3, -0.25) is 4.79 Å². The van der Waals surface area contributed by atoms with Gasteiger partial charge in [0.15, 0.2) is 0 Å². The van der Waals surface area contributed by atoms with Gasteiger partial charge in [-0.05, 0) is 30.3 Å². The predicted octanol–water partition coefficient (Wildman–Crippen LogP) is 4.08. The fourth-order valence-corrected chi connectivity index (χ4v) is 2.85. The number of carbonyl (C=O) groups excluding carboxylic acids is 1. The average molecular weight is 351 g/mol. The van der Waals surface area contributed by atoms with E-state index < -0.39 is 0 Å². The van der Waals surface area contributed by atoms with E-state index in [1.54, 1.807) is 30.3 Å². The Labute approximate surface area is 144 Å². The lowest BCUT2D eigenvalue weighted by Crippen LogP contribution is -2.36. The van der Waals surface area contributed by atoms with E-state index in [0.29, 0.717) is 34.5 Å². The Hall–Kier alpha value is -1.75. The fourth-order valence-electron chi connectivity index (χ4n) is 2.46. The SMILES string of the molecule is O=C(Nc1cc(N2CCOCC2)ccc1Cl)c1ccccc1Cl. The number of rotatable bonds is 3. The summed E-state index contributed by atoms with van der Waals surface area (Å²) in [5.74, 6) is -0.281. The summed E-state index contributed by atoms with van der Waals surface area (Å²) in [7, 11) is 0. The Balaban J connectivity index is 1.82. The minimum Gasteiger partial charge on any atom is -0.378 e. The molecule has 0 aromatic heterocycles. The molecule has 1 aliphatic heterocycles. The molecule has 0 atom stereocenters. The van der Waals surface area contributed by atoms with Crippen LogP contribution in [0.15, 0.2) is 42.5 Å². The summed E-state index contributed by atoms with van der Waals surface area (Å²) in [6.07, 6.45) is 0. The molecule has 2 aromatic rings. The van der Waals surface area contributed by atoms with E-state index in [4.69, 9.17) is 27.9 Å². The molecule has 0 saturated carbocycles. The highest BCUT2D eigenvalue weighted by Gasteiger charge is 2.15. The van der Waals surface area contributed by atoms with Crippen molar-refractivity contribution in [3.63, 3.8) is 0 Å². The minimum atomic E-state index is -0.281. The van der Waals surface area contributed by atoms with Crippen LogP contribution in [-0.2, 0) is 4.74 Å². The third-order valence-corrected chi connectivity index (χ3v) is 4.35. The summed E-state index contributed by atoms with van der Waals surface area (Å²) in [5, 5.41) is 3.73. The van der Waals surface area contributed by atoms with Crippen molar-refractivity contribution >= 4 is 40.5 Å². The highest BCUT2D eigenvalue weighted by atomic mass is 35.5. The molecule has 1 fully saturated rings. The molecule has 4 nitrogen and oxygen atoms in total. The first-order valence-corrected chi connectivity index (χ1v) is 8.09. The minimum absolute atomic E-state index is 0.281. The van der Waals surface area contributed by atoms with E-state index in [9.17, 15) is 4.79 Å². The monoisotopic (exact) mass is 350 g/mol. The first-order chi connectivity index (χ1) is 11.1. The lowest BCUT2D eigenvalue weighted by atomic mass is 10.2. The maximum absolute atomic E-state index is 12.4. The van der Waals surface area contributed by atoms with Gasteiger partial charge in [-0.1, -0.05) is 35.3 Å². The van der Waals surface area contributed by atoms with Crippen LogP contribution in [0.25, 0.3) is 0 Å². The predicted molar refractivity (Wildman–Crippen MR) is 93.9 cm³/mol. The number of morpholine rings is 1. The summed E-state index contributed by atoms with van der Waals surface area (Å²) in [6.45, 7) is 3.03. The van der Waals surface area contributed by atoms with Crippen molar-refractivity contribution in [1.29, 1.82) is 0 Å². The molecule has 0 unspecified atom stereocenters. The summed E-state index contributed by atoms with van der Waals surface area (Å²) >= 11 is 12.3. The molecule has 0 radical (unpaired) electrons. The van der Waals surface area contributed by atoms with E-state index in [2.05, 4.69) is 10.2 Å². The van der Waals surface area contributed by atoms with Gasteiger partial charge in [0.05, 0.1) is 34.5 Å². The maximum atomic E-state index is 12.4. The Morgan fingerprint density at radius 3 is 2.52 bits per heavy atom. The zero-order valence-corrected chi connectivity index (χ0v) is 13.9. The number of halogens is 2. The van der Waals surface area contributed by atoms with E-state index in [1.165, 1.54) is 0 Å². The number of nitrogens with one attached hydrogen (secondary N) is 1. The lowest BCUT2D eigenvalue weighted by Gasteiger charge is -2.29. The number of anilines is 2. The second kappa shape index (κ2) is 7.21. The molecule has 3 rings (SSSR count). The highest BCUT2D eigenvalue weighted by molar-refractivity contribution is 6.36. The van der Waals surface area contributed by atoms with Crippen LogP contribution in [0, 0.1) is 0 Å². The van der Waals surface area contributed by atoms with Gasteiger partial charge < -0.3 is 15.0 Å². The zero-order chi connectivity index (χ0) is 16.2. The molecule has 1 N–H and O–H groups in total. The Morgan fingerprint density at radius 1 is 1.04 bits per heavy atom. The van der Waals surface area contributed by atoms with Crippen LogP contribution in [-0.4, -0.2) is 32.2 Å². The van der Waals surface area contributed by atoms with Crippen molar-refractivity contribution in [3.05, 3.63) is 58.1 Å². The van der Waals surface area contributed by atoms with Crippen LogP contribution >= 0.6 is 23.2 Å². The van der Waals surface area contributed by atoms with E-state index in [-0.39, 0.29) is 5.91 Å². The smallest absolute Gasteiger partial charge is 0.257 e. The van der Waals surface area contributed by atoms with Crippen LogP contribution in [0.3, 0.4) is 0 Å². The van der Waals surface area contributed by atoms with Gasteiger partial charge >= 0.3 is 0 Å². The molecule has 120 valence electrons. The summed E-state index contributed by atoms with van der Waals surface area (Å²) in [5.41, 5.74) is 2.00. The van der Waals surface area contributed by atoms with Gasteiger partial charge in [0.2, 0.25) is 0 Å². The lowest BCUT2D eigenvalue weighted by molar-refractivity contribution is 0.102. The van der Waals surface area contributed by atoms with Crippen LogP contribution in [0.2, 0.25) is 10.0 Å². The third kappa shape index (κ3) is 3.78. The molecule has 0 spiro atoms. The normalized spacial score (nSPS) is 14.6. The molecule has 23 heavy (non-hydrogen) atoms. The van der Waals surface area contributed by atoms with Crippen LogP contribution in [0.4, 0.5) is 11.4 Å². The van der Waals surface area contributed by atoms with Crippen molar-refractivity contribution in [2.24, 2.45) is 0 Å². The summed E-state index contributed by atoms with van der Waals surface area (Å²) in [6, 6.07) is 12.5. The van der Waals surface area contributed by atoms with Crippen LogP contribution in [0.5, 0.6) is 0 Å². The van der Waals surface area contributed by atoms with Crippen molar-refractivity contribution in [1.82, 2.24) is 0 Å². The van der Waals surface area contributed by atoms with Gasteiger partial charge in [-0.2, -0.15) is 0 Å². The number of hydrogen-bond acceptors (Lipinski definition) is 3. The van der Waals surface area contributed by atoms with Gasteiger partial charge in [-0.25, -0.2) is 0 Å². The van der Waals surface area contributed by atoms with Gasteiger partial charge in [0, 0.05) is 18.8 Å². The quantitative estimate of drug-likeness (QED) is 0.906. The standard InChI is InChI=1S/C17H16Cl2N2O2/c18-14-4-2-1-3-13(14)17(22)20-16-11-12(5-6-15(16)19)21-7-9-23-10-8-21/h1-6,11H,7-10H2,(H,20,22). The number of hydrogen-bond donors (Lipinski definition) is 1. The van der Waals surface area contributed by atoms with Gasteiger partial charge in [0.1, 0.15) is 0 Å². The molecule has 0 bridgehead atoms. The number of nitrogens with zero attached hydrogens (tertiary/aromatic N) is 1. The van der Waals surface area contributed by atoms with E-state index in [1.807, 2.05) is 12.1 Å². The summed E-state index contributed by atoms with van der Waals surface area (Å²) in [4.78, 5) is 14.6. The number of benzene rings is 2. The largest absolute Gasteiger partial charge is 0.378 e. The Kier molecular flexibility index (Phi) is 5.06. The molecule has 1 aliphatic rings. The molecule has 1 saturated heterocycles. The second-order valence-electron chi connectivity index (χ2n) is 5.20. The first-order valence-electron chi connectivity index (χ1n) is 7.33. The van der Waals surface area contributed by atoms with Crippen molar-refractivity contribution in [2.75, 3.05) is 36.5 Å². The van der Waals surface area contributed by atoms with Crippen molar-refractivity contribution in [2.45, 2.75) is 0 Å². The third-order valence-electron chi connectivity index (χ3n) is 3.69. The molecule has 1 amide bonds. The highest BCUT2D eigenvalue weighted by Crippen LogP contribution is 2.29.